The molecular weight excluding hydrogens is 272 g/mol. The van der Waals surface area contributed by atoms with E-state index in [9.17, 15) is 4.79 Å². The predicted octanol–water partition coefficient (Wildman–Crippen LogP) is 1.30. The largest absolute Gasteiger partial charge is 0.368 e. The van der Waals surface area contributed by atoms with Crippen molar-refractivity contribution >= 4 is 17.7 Å². The van der Waals surface area contributed by atoms with Gasteiger partial charge < -0.3 is 11.5 Å². The average molecular weight is 288 g/mol. The minimum absolute atomic E-state index is 0.426. The van der Waals surface area contributed by atoms with Crippen molar-refractivity contribution in [3.8, 4) is 0 Å². The Morgan fingerprint density at radius 1 is 1.15 bits per heavy atom. The molecule has 0 fully saturated rings. The molecule has 0 radical (unpaired) electrons. The lowest BCUT2D eigenvalue weighted by Crippen LogP contribution is -2.49. The van der Waals surface area contributed by atoms with Gasteiger partial charge in [0.1, 0.15) is 5.54 Å². The van der Waals surface area contributed by atoms with Gasteiger partial charge in [-0.1, -0.05) is 42.1 Å². The first-order valence-electron chi connectivity index (χ1n) is 6.17. The van der Waals surface area contributed by atoms with E-state index in [1.54, 1.807) is 18.5 Å². The monoisotopic (exact) mass is 288 g/mol. The molecule has 1 heterocycles. The molecule has 2 aromatic rings. The molecule has 0 saturated carbocycles. The zero-order valence-electron chi connectivity index (χ0n) is 10.9. The Bertz CT molecular complexity index is 564. The number of benzene rings is 1. The van der Waals surface area contributed by atoms with Crippen molar-refractivity contribution in [2.75, 3.05) is 5.75 Å². The fourth-order valence-electron chi connectivity index (χ4n) is 1.81. The molecule has 104 valence electrons. The number of rotatable bonds is 6. The summed E-state index contributed by atoms with van der Waals surface area (Å²) in [7, 11) is 0. The van der Waals surface area contributed by atoms with Gasteiger partial charge in [0, 0.05) is 18.1 Å². The Balaban J connectivity index is 2.05. The number of thioether (sulfide) groups is 1. The van der Waals surface area contributed by atoms with Crippen molar-refractivity contribution in [1.29, 1.82) is 0 Å². The highest BCUT2D eigenvalue weighted by atomic mass is 32.2. The molecule has 6 heteroatoms. The third kappa shape index (κ3) is 3.34. The summed E-state index contributed by atoms with van der Waals surface area (Å²) >= 11 is 1.45. The van der Waals surface area contributed by atoms with Crippen LogP contribution in [0.5, 0.6) is 0 Å². The summed E-state index contributed by atoms with van der Waals surface area (Å²) < 4.78 is 0. The molecule has 1 aromatic heterocycles. The molecule has 5 nitrogen and oxygen atoms in total. The number of amides is 1. The fourth-order valence-corrected chi connectivity index (χ4v) is 2.69. The van der Waals surface area contributed by atoms with Gasteiger partial charge in [0.15, 0.2) is 5.16 Å². The van der Waals surface area contributed by atoms with Crippen LogP contribution in [-0.4, -0.2) is 21.6 Å². The quantitative estimate of drug-likeness (QED) is 0.617. The number of hydrogen-bond donors (Lipinski definition) is 2. The number of carbonyl (C=O) groups is 1. The zero-order valence-corrected chi connectivity index (χ0v) is 11.7. The van der Waals surface area contributed by atoms with Crippen molar-refractivity contribution in [1.82, 2.24) is 9.97 Å². The van der Waals surface area contributed by atoms with E-state index in [-0.39, 0.29) is 0 Å². The smallest absolute Gasteiger partial charge is 0.242 e. The lowest BCUT2D eigenvalue weighted by atomic mass is 9.88. The molecule has 1 unspecified atom stereocenters. The minimum Gasteiger partial charge on any atom is -0.368 e. The highest BCUT2D eigenvalue weighted by Crippen LogP contribution is 2.25. The number of hydrogen-bond acceptors (Lipinski definition) is 5. The zero-order chi connectivity index (χ0) is 14.4. The molecule has 1 amide bonds. The Kier molecular flexibility index (Phi) is 4.70. The van der Waals surface area contributed by atoms with Crippen LogP contribution in [0.25, 0.3) is 0 Å². The second-order valence-corrected chi connectivity index (χ2v) is 5.39. The SMILES string of the molecule is NC(=O)C(N)(CCSc1ncccn1)c1ccccc1. The first-order chi connectivity index (χ1) is 9.63. The Hall–Kier alpha value is -1.92. The molecule has 0 aliphatic carbocycles. The number of nitrogens with two attached hydrogens (primary N) is 2. The normalized spacial score (nSPS) is 13.7. The molecule has 1 aromatic carbocycles. The van der Waals surface area contributed by atoms with Gasteiger partial charge in [-0.15, -0.1) is 0 Å². The predicted molar refractivity (Wildman–Crippen MR) is 78.9 cm³/mol. The first kappa shape index (κ1) is 14.5. The van der Waals surface area contributed by atoms with Crippen molar-refractivity contribution in [3.63, 3.8) is 0 Å². The van der Waals surface area contributed by atoms with Crippen LogP contribution in [0, 0.1) is 0 Å². The van der Waals surface area contributed by atoms with E-state index in [1.165, 1.54) is 11.8 Å². The molecule has 1 atom stereocenters. The molecule has 4 N–H and O–H groups in total. The summed E-state index contributed by atoms with van der Waals surface area (Å²) in [5.74, 6) is 0.0801. The van der Waals surface area contributed by atoms with Gasteiger partial charge in [0.25, 0.3) is 0 Å². The Labute approximate surface area is 121 Å². The summed E-state index contributed by atoms with van der Waals surface area (Å²) in [6, 6.07) is 10.9. The van der Waals surface area contributed by atoms with E-state index in [2.05, 4.69) is 9.97 Å². The second-order valence-electron chi connectivity index (χ2n) is 4.33. The van der Waals surface area contributed by atoms with Gasteiger partial charge in [0.05, 0.1) is 0 Å². The molecule has 2 rings (SSSR count). The lowest BCUT2D eigenvalue weighted by Gasteiger charge is -2.26. The van der Waals surface area contributed by atoms with E-state index in [4.69, 9.17) is 11.5 Å². The molecule has 0 bridgehead atoms. The first-order valence-corrected chi connectivity index (χ1v) is 7.15. The van der Waals surface area contributed by atoms with Gasteiger partial charge in [-0.3, -0.25) is 4.79 Å². The molecule has 20 heavy (non-hydrogen) atoms. The van der Waals surface area contributed by atoms with Crippen molar-refractivity contribution in [2.24, 2.45) is 11.5 Å². The van der Waals surface area contributed by atoms with Gasteiger partial charge in [-0.25, -0.2) is 9.97 Å². The minimum atomic E-state index is -1.16. The summed E-state index contributed by atoms with van der Waals surface area (Å²) in [5.41, 5.74) is 11.2. The molecule has 0 aliphatic rings. The number of nitrogens with zero attached hydrogens (tertiary/aromatic N) is 2. The van der Waals surface area contributed by atoms with Crippen molar-refractivity contribution in [3.05, 3.63) is 54.4 Å². The number of carbonyl (C=O) groups excluding carboxylic acids is 1. The van der Waals surface area contributed by atoms with E-state index in [1.807, 2.05) is 30.3 Å². The Morgan fingerprint density at radius 3 is 2.40 bits per heavy atom. The van der Waals surface area contributed by atoms with Gasteiger partial charge in [0.2, 0.25) is 5.91 Å². The van der Waals surface area contributed by atoms with Crippen LogP contribution in [0.3, 0.4) is 0 Å². The topological polar surface area (TPSA) is 94.9 Å². The highest BCUT2D eigenvalue weighted by molar-refractivity contribution is 7.99. The summed E-state index contributed by atoms with van der Waals surface area (Å²) in [6.07, 6.45) is 3.78. The van der Waals surface area contributed by atoms with Crippen LogP contribution in [0.4, 0.5) is 0 Å². The molecule has 0 spiro atoms. The van der Waals surface area contributed by atoms with Crippen LogP contribution in [0.2, 0.25) is 0 Å². The van der Waals surface area contributed by atoms with E-state index >= 15 is 0 Å². The summed E-state index contributed by atoms with van der Waals surface area (Å²) in [4.78, 5) is 19.9. The van der Waals surface area contributed by atoms with Crippen molar-refractivity contribution in [2.45, 2.75) is 17.1 Å². The van der Waals surface area contributed by atoms with Crippen molar-refractivity contribution < 1.29 is 4.79 Å². The van der Waals surface area contributed by atoms with Crippen LogP contribution >= 0.6 is 11.8 Å². The van der Waals surface area contributed by atoms with Crippen LogP contribution < -0.4 is 11.5 Å². The third-order valence-electron chi connectivity index (χ3n) is 3.00. The average Bonchev–Trinajstić information content (AvgIpc) is 2.49. The molecular formula is C14H16N4OS. The standard InChI is InChI=1S/C14H16N4OS/c15-12(19)14(16,11-5-2-1-3-6-11)7-10-20-13-17-8-4-9-18-13/h1-6,8-9H,7,10,16H2,(H2,15,19). The van der Waals surface area contributed by atoms with Crippen LogP contribution in [-0.2, 0) is 10.3 Å². The van der Waals surface area contributed by atoms with E-state index in [0.717, 1.165) is 5.56 Å². The summed E-state index contributed by atoms with van der Waals surface area (Å²) in [6.45, 7) is 0. The highest BCUT2D eigenvalue weighted by Gasteiger charge is 2.33. The van der Waals surface area contributed by atoms with E-state index < -0.39 is 11.4 Å². The lowest BCUT2D eigenvalue weighted by molar-refractivity contribution is -0.123. The van der Waals surface area contributed by atoms with E-state index in [0.29, 0.717) is 17.3 Å². The van der Waals surface area contributed by atoms with Gasteiger partial charge >= 0.3 is 0 Å². The second kappa shape index (κ2) is 6.49. The Morgan fingerprint density at radius 2 is 1.80 bits per heavy atom. The van der Waals surface area contributed by atoms with Crippen LogP contribution in [0.15, 0.2) is 53.9 Å². The maximum Gasteiger partial charge on any atom is 0.242 e. The molecule has 0 saturated heterocycles. The summed E-state index contributed by atoms with van der Waals surface area (Å²) in [5, 5.41) is 0.660. The maximum atomic E-state index is 11.7. The third-order valence-corrected chi connectivity index (χ3v) is 3.88. The van der Waals surface area contributed by atoms with Gasteiger partial charge in [-0.05, 0) is 18.1 Å². The number of primary amides is 1. The fraction of sp³-hybridized carbons (Fsp3) is 0.214. The molecule has 0 aliphatic heterocycles. The maximum absolute atomic E-state index is 11.7. The van der Waals surface area contributed by atoms with Gasteiger partial charge in [-0.2, -0.15) is 0 Å². The number of aromatic nitrogens is 2. The van der Waals surface area contributed by atoms with Crippen LogP contribution in [0.1, 0.15) is 12.0 Å².